The van der Waals surface area contributed by atoms with Crippen LogP contribution in [0.5, 0.6) is 0 Å². The van der Waals surface area contributed by atoms with Crippen LogP contribution >= 0.6 is 0 Å². The lowest BCUT2D eigenvalue weighted by molar-refractivity contribution is -0.197. The van der Waals surface area contributed by atoms with E-state index in [1.807, 2.05) is 6.92 Å². The summed E-state index contributed by atoms with van der Waals surface area (Å²) >= 11 is 0. The van der Waals surface area contributed by atoms with Crippen LogP contribution in [0.25, 0.3) is 0 Å². The van der Waals surface area contributed by atoms with Gasteiger partial charge in [-0.1, -0.05) is 33.4 Å². The Morgan fingerprint density at radius 1 is 1.39 bits per heavy atom. The molecule has 0 aliphatic carbocycles. The Morgan fingerprint density at radius 2 is 2.03 bits per heavy atom. The molecule has 0 bridgehead atoms. The SMILES string of the molecule is C=CCOC(=O)C(O)N1C(=O)[C@H]([C@@H](C)O[Si](C)(C)C(C)(C)C)[C@H]1CC(=O)[C@H]1CCCO1. The molecule has 0 spiro atoms. The second-order valence-corrected chi connectivity index (χ2v) is 14.6. The Bertz CT molecular complexity index is 696. The normalized spacial score (nSPS) is 26.2. The van der Waals surface area contributed by atoms with Gasteiger partial charge in [-0.2, -0.15) is 0 Å². The highest BCUT2D eigenvalue weighted by atomic mass is 28.4. The molecule has 2 aliphatic rings. The van der Waals surface area contributed by atoms with Crippen molar-refractivity contribution in [3.05, 3.63) is 12.7 Å². The van der Waals surface area contributed by atoms with E-state index in [0.29, 0.717) is 13.0 Å². The number of hydrogen-bond acceptors (Lipinski definition) is 7. The van der Waals surface area contributed by atoms with Crippen LogP contribution in [-0.2, 0) is 28.3 Å². The lowest BCUT2D eigenvalue weighted by atomic mass is 9.79. The lowest BCUT2D eigenvalue weighted by Crippen LogP contribution is -2.70. The van der Waals surface area contributed by atoms with Crippen LogP contribution in [0.3, 0.4) is 0 Å². The average Bonchev–Trinajstić information content (AvgIpc) is 3.19. The molecule has 1 unspecified atom stereocenters. The van der Waals surface area contributed by atoms with Gasteiger partial charge in [-0.05, 0) is 37.9 Å². The van der Waals surface area contributed by atoms with Crippen molar-refractivity contribution in [3.63, 3.8) is 0 Å². The summed E-state index contributed by atoms with van der Waals surface area (Å²) in [5, 5.41) is 10.4. The van der Waals surface area contributed by atoms with E-state index in [9.17, 15) is 19.5 Å². The molecule has 2 heterocycles. The van der Waals surface area contributed by atoms with Crippen molar-refractivity contribution in [3.8, 4) is 0 Å². The highest BCUT2D eigenvalue weighted by Gasteiger charge is 2.56. The Balaban J connectivity index is 2.20. The van der Waals surface area contributed by atoms with Gasteiger partial charge in [0.05, 0.1) is 18.1 Å². The minimum absolute atomic E-state index is 0.00191. The van der Waals surface area contributed by atoms with Crippen LogP contribution in [0, 0.1) is 5.92 Å². The van der Waals surface area contributed by atoms with E-state index >= 15 is 0 Å². The van der Waals surface area contributed by atoms with Gasteiger partial charge in [0.2, 0.25) is 12.1 Å². The van der Waals surface area contributed by atoms with E-state index in [1.165, 1.54) is 6.08 Å². The summed E-state index contributed by atoms with van der Waals surface area (Å²) in [6.45, 7) is 16.3. The van der Waals surface area contributed by atoms with Crippen LogP contribution in [0.1, 0.15) is 47.0 Å². The maximum absolute atomic E-state index is 13.0. The first kappa shape index (κ1) is 25.7. The largest absolute Gasteiger partial charge is 0.458 e. The van der Waals surface area contributed by atoms with Gasteiger partial charge in [0.15, 0.2) is 14.1 Å². The number of amides is 1. The van der Waals surface area contributed by atoms with Gasteiger partial charge < -0.3 is 23.9 Å². The van der Waals surface area contributed by atoms with E-state index in [0.717, 1.165) is 11.3 Å². The van der Waals surface area contributed by atoms with Crippen LogP contribution < -0.4 is 0 Å². The van der Waals surface area contributed by atoms with Crippen molar-refractivity contribution in [2.45, 2.75) is 89.6 Å². The molecule has 0 aromatic heterocycles. The predicted octanol–water partition coefficient (Wildman–Crippen LogP) is 2.41. The van der Waals surface area contributed by atoms with Gasteiger partial charge in [-0.3, -0.25) is 9.59 Å². The number of aliphatic hydroxyl groups is 1. The van der Waals surface area contributed by atoms with Gasteiger partial charge in [0, 0.05) is 13.0 Å². The molecule has 2 aliphatic heterocycles. The molecule has 0 saturated carbocycles. The van der Waals surface area contributed by atoms with Crippen LogP contribution in [0.15, 0.2) is 12.7 Å². The van der Waals surface area contributed by atoms with Crippen LogP contribution in [0.4, 0.5) is 0 Å². The standard InChI is InChI=1S/C22H37NO7Si/c1-8-11-29-21(27)20(26)23-15(13-16(24)17-10-9-12-28-17)18(19(23)25)14(2)30-31(6,7)22(3,4)5/h8,14-15,17-18,20,26H,1,9-13H2,2-7H3/t14-,15-,17-,18-,20?/m1/s1. The fourth-order valence-corrected chi connectivity index (χ4v) is 5.27. The number of carbonyl (C=O) groups excluding carboxylic acids is 3. The molecule has 2 saturated heterocycles. The molecule has 1 N–H and O–H groups in total. The molecule has 31 heavy (non-hydrogen) atoms. The molecule has 5 atom stereocenters. The van der Waals surface area contributed by atoms with Gasteiger partial charge in [0.25, 0.3) is 0 Å². The van der Waals surface area contributed by atoms with Crippen molar-refractivity contribution >= 4 is 26.0 Å². The van der Waals surface area contributed by atoms with Gasteiger partial charge in [0.1, 0.15) is 12.7 Å². The Hall–Kier alpha value is -1.55. The highest BCUT2D eigenvalue weighted by molar-refractivity contribution is 6.74. The number of nitrogens with zero attached hydrogens (tertiary/aromatic N) is 1. The van der Waals surface area contributed by atoms with E-state index in [4.69, 9.17) is 13.9 Å². The second kappa shape index (κ2) is 9.93. The van der Waals surface area contributed by atoms with Crippen LogP contribution in [-0.4, -0.2) is 73.7 Å². The maximum Gasteiger partial charge on any atom is 0.356 e. The molecule has 0 aromatic rings. The molecule has 0 aromatic carbocycles. The summed E-state index contributed by atoms with van der Waals surface area (Å²) < 4.78 is 16.8. The summed E-state index contributed by atoms with van der Waals surface area (Å²) in [5.74, 6) is -2.11. The molecule has 176 valence electrons. The number of β-lactam (4-membered cyclic amide) rings is 1. The lowest BCUT2D eigenvalue weighted by Gasteiger charge is -2.52. The summed E-state index contributed by atoms with van der Waals surface area (Å²) in [5.41, 5.74) is 0. The molecule has 2 fully saturated rings. The third-order valence-corrected chi connectivity index (χ3v) is 11.2. The molecule has 0 radical (unpaired) electrons. The maximum atomic E-state index is 13.0. The number of ketones is 1. The number of likely N-dealkylation sites (tertiary alicyclic amines) is 1. The fourth-order valence-electron chi connectivity index (χ4n) is 3.85. The zero-order chi connectivity index (χ0) is 23.6. The molecule has 8 nitrogen and oxygen atoms in total. The Labute approximate surface area is 186 Å². The van der Waals surface area contributed by atoms with Crippen LogP contribution in [0.2, 0.25) is 18.1 Å². The average molecular weight is 456 g/mol. The number of rotatable bonds is 10. The number of esters is 1. The molecular formula is C22H37NO7Si. The zero-order valence-electron chi connectivity index (χ0n) is 19.6. The van der Waals surface area contributed by atoms with Crippen molar-refractivity contribution in [1.82, 2.24) is 4.90 Å². The Morgan fingerprint density at radius 3 is 2.55 bits per heavy atom. The number of carbonyl (C=O) groups is 3. The first-order valence-corrected chi connectivity index (χ1v) is 13.8. The second-order valence-electron chi connectivity index (χ2n) is 9.89. The molecule has 2 rings (SSSR count). The first-order chi connectivity index (χ1) is 14.3. The predicted molar refractivity (Wildman–Crippen MR) is 118 cm³/mol. The van der Waals surface area contributed by atoms with Crippen molar-refractivity contribution in [2.75, 3.05) is 13.2 Å². The summed E-state index contributed by atoms with van der Waals surface area (Å²) in [4.78, 5) is 39.0. The van der Waals surface area contributed by atoms with E-state index < -0.39 is 50.6 Å². The summed E-state index contributed by atoms with van der Waals surface area (Å²) in [6, 6.07) is -0.657. The van der Waals surface area contributed by atoms with Gasteiger partial charge >= 0.3 is 5.97 Å². The minimum Gasteiger partial charge on any atom is -0.458 e. The summed E-state index contributed by atoms with van der Waals surface area (Å²) in [6.07, 6.45) is 0.101. The monoisotopic (exact) mass is 455 g/mol. The zero-order valence-corrected chi connectivity index (χ0v) is 20.6. The third-order valence-electron chi connectivity index (χ3n) is 6.62. The quantitative estimate of drug-likeness (QED) is 0.234. The highest BCUT2D eigenvalue weighted by Crippen LogP contribution is 2.41. The number of Topliss-reactive ketones (excluding diaryl/α,β-unsaturated/α-hetero) is 1. The smallest absolute Gasteiger partial charge is 0.356 e. The molecule has 9 heteroatoms. The van der Waals surface area contributed by atoms with Crippen molar-refractivity contribution < 1.29 is 33.4 Å². The Kier molecular flexibility index (Phi) is 8.24. The molecule has 1 amide bonds. The third kappa shape index (κ3) is 5.63. The van der Waals surface area contributed by atoms with E-state index in [2.05, 4.69) is 40.4 Å². The number of aliphatic hydroxyl groups excluding tert-OH is 1. The first-order valence-electron chi connectivity index (χ1n) is 10.9. The van der Waals surface area contributed by atoms with Gasteiger partial charge in [-0.25, -0.2) is 4.79 Å². The number of hydrogen-bond donors (Lipinski definition) is 1. The minimum atomic E-state index is -2.17. The van der Waals surface area contributed by atoms with Crippen molar-refractivity contribution in [1.29, 1.82) is 0 Å². The van der Waals surface area contributed by atoms with E-state index in [1.54, 1.807) is 0 Å². The fraction of sp³-hybridized carbons (Fsp3) is 0.773. The van der Waals surface area contributed by atoms with E-state index in [-0.39, 0.29) is 23.8 Å². The van der Waals surface area contributed by atoms with Gasteiger partial charge in [-0.15, -0.1) is 0 Å². The van der Waals surface area contributed by atoms with Crippen molar-refractivity contribution in [2.24, 2.45) is 5.92 Å². The number of ether oxygens (including phenoxy) is 2. The topological polar surface area (TPSA) is 102 Å². The summed E-state index contributed by atoms with van der Waals surface area (Å²) in [7, 11) is -2.17. The molecular weight excluding hydrogens is 418 g/mol.